The van der Waals surface area contributed by atoms with E-state index in [0.29, 0.717) is 16.1 Å². The third-order valence-electron chi connectivity index (χ3n) is 3.93. The van der Waals surface area contributed by atoms with Crippen LogP contribution in [0.3, 0.4) is 0 Å². The van der Waals surface area contributed by atoms with E-state index >= 15 is 0 Å². The minimum atomic E-state index is -0.760. The van der Waals surface area contributed by atoms with Crippen molar-refractivity contribution in [2.24, 2.45) is 0 Å². The van der Waals surface area contributed by atoms with Crippen LogP contribution < -0.4 is 10.2 Å². The molecule has 0 aliphatic heterocycles. The topological polar surface area (TPSA) is 69.0 Å². The highest BCUT2D eigenvalue weighted by atomic mass is 35.5. The lowest BCUT2D eigenvalue weighted by Gasteiger charge is -2.17. The lowest BCUT2D eigenvalue weighted by atomic mass is 10.0. The Morgan fingerprint density at radius 1 is 1.20 bits per heavy atom. The number of hydrogen-bond acceptors (Lipinski definition) is 4. The summed E-state index contributed by atoms with van der Waals surface area (Å²) in [7, 11) is 0. The average molecular weight is 359 g/mol. The van der Waals surface area contributed by atoms with Crippen LogP contribution in [0.15, 0.2) is 30.3 Å². The zero-order valence-electron chi connectivity index (χ0n) is 14.5. The van der Waals surface area contributed by atoms with Gasteiger partial charge in [0.05, 0.1) is 0 Å². The van der Waals surface area contributed by atoms with Crippen molar-refractivity contribution in [1.29, 1.82) is 0 Å². The van der Waals surface area contributed by atoms with Crippen LogP contribution in [0.1, 0.15) is 23.6 Å². The summed E-state index contributed by atoms with van der Waals surface area (Å²) in [5.74, 6) is -0.263. The fourth-order valence-electron chi connectivity index (χ4n) is 2.75. The highest BCUT2D eigenvalue weighted by Gasteiger charge is 2.19. The van der Waals surface area contributed by atoms with Gasteiger partial charge >= 0.3 is 0 Å². The molecule has 0 aliphatic carbocycles. The number of hydrogen-bond donors (Lipinski definition) is 1. The molecule has 0 aliphatic rings. The first kappa shape index (κ1) is 17.2. The molecule has 3 rings (SSSR count). The van der Waals surface area contributed by atoms with Crippen molar-refractivity contribution in [3.63, 3.8) is 0 Å². The van der Waals surface area contributed by atoms with Gasteiger partial charge in [-0.3, -0.25) is 4.79 Å². The summed E-state index contributed by atoms with van der Waals surface area (Å²) < 4.78 is 0. The van der Waals surface area contributed by atoms with Gasteiger partial charge < -0.3 is 10.2 Å². The fraction of sp³-hybridized carbons (Fsp3) is 0.278. The molecule has 0 bridgehead atoms. The maximum Gasteiger partial charge on any atom is 0.268 e. The lowest BCUT2D eigenvalue weighted by Crippen LogP contribution is -2.35. The van der Waals surface area contributed by atoms with Crippen LogP contribution in [0, 0.1) is 20.8 Å². The first-order valence-corrected chi connectivity index (χ1v) is 8.30. The Bertz CT molecular complexity index is 928. The van der Waals surface area contributed by atoms with Gasteiger partial charge in [-0.1, -0.05) is 34.1 Å². The Hall–Kier alpha value is -2.60. The molecule has 6 nitrogen and oxygen atoms in total. The van der Waals surface area contributed by atoms with Crippen molar-refractivity contribution in [2.75, 3.05) is 5.32 Å². The molecule has 7 heteroatoms. The predicted molar refractivity (Wildman–Crippen MR) is 97.9 cm³/mol. The molecule has 0 fully saturated rings. The minimum absolute atomic E-state index is 0.263. The summed E-state index contributed by atoms with van der Waals surface area (Å²) in [5, 5.41) is 11.4. The van der Waals surface area contributed by atoms with E-state index in [0.717, 1.165) is 22.4 Å². The van der Waals surface area contributed by atoms with Crippen molar-refractivity contribution in [3.05, 3.63) is 52.0 Å². The van der Waals surface area contributed by atoms with E-state index < -0.39 is 6.10 Å². The molecule has 1 atom stereocenters. The van der Waals surface area contributed by atoms with Gasteiger partial charge in [0.2, 0.25) is 6.10 Å². The monoisotopic (exact) mass is 358 g/mol. The standard InChI is InChI=1S/C18H19ClN4O2/c1-10-7-11(2)17(12(3)8-10)20-18(24)13(4)25-23-16-9-14(19)5-6-15(16)21-22-23/h5-9,13H,1-4H3,(H,20,24)/t13-/m0/s1. The molecular weight excluding hydrogens is 340 g/mol. The Kier molecular flexibility index (Phi) is 4.63. The van der Waals surface area contributed by atoms with Crippen LogP contribution in [-0.4, -0.2) is 27.2 Å². The summed E-state index contributed by atoms with van der Waals surface area (Å²) in [6.45, 7) is 7.62. The number of rotatable bonds is 4. The van der Waals surface area contributed by atoms with Crippen LogP contribution >= 0.6 is 11.6 Å². The van der Waals surface area contributed by atoms with Gasteiger partial charge in [0.1, 0.15) is 11.0 Å². The van der Waals surface area contributed by atoms with Gasteiger partial charge in [-0.2, -0.15) is 0 Å². The van der Waals surface area contributed by atoms with Gasteiger partial charge in [-0.05, 0) is 62.2 Å². The van der Waals surface area contributed by atoms with E-state index in [4.69, 9.17) is 16.4 Å². The summed E-state index contributed by atoms with van der Waals surface area (Å²) in [4.78, 5) is 19.4. The van der Waals surface area contributed by atoms with Gasteiger partial charge in [0.25, 0.3) is 5.91 Å². The third-order valence-corrected chi connectivity index (χ3v) is 4.16. The molecule has 0 spiro atoms. The molecule has 0 saturated carbocycles. The van der Waals surface area contributed by atoms with E-state index in [1.54, 1.807) is 25.1 Å². The highest BCUT2D eigenvalue weighted by molar-refractivity contribution is 6.31. The van der Waals surface area contributed by atoms with Crippen LogP contribution in [0.2, 0.25) is 5.02 Å². The fourth-order valence-corrected chi connectivity index (χ4v) is 2.92. The van der Waals surface area contributed by atoms with Gasteiger partial charge in [0.15, 0.2) is 0 Å². The number of anilines is 1. The number of carbonyl (C=O) groups is 1. The molecule has 0 unspecified atom stereocenters. The number of benzene rings is 2. The molecule has 1 aromatic heterocycles. The number of halogens is 1. The number of fused-ring (bicyclic) bond motifs is 1. The molecule has 0 radical (unpaired) electrons. The van der Waals surface area contributed by atoms with Crippen molar-refractivity contribution in [1.82, 2.24) is 15.2 Å². The first-order valence-electron chi connectivity index (χ1n) is 7.92. The SMILES string of the molecule is Cc1cc(C)c(NC(=O)[C@H](C)On2nnc3ccc(Cl)cc32)c(C)c1. The Labute approximate surface area is 150 Å². The van der Waals surface area contributed by atoms with Crippen molar-refractivity contribution in [3.8, 4) is 0 Å². The summed E-state index contributed by atoms with van der Waals surface area (Å²) in [6, 6.07) is 9.22. The molecule has 1 N–H and O–H groups in total. The second kappa shape index (κ2) is 6.72. The third kappa shape index (κ3) is 3.58. The van der Waals surface area contributed by atoms with E-state index in [1.807, 2.05) is 32.9 Å². The number of aryl methyl sites for hydroxylation is 3. The molecule has 0 saturated heterocycles. The maximum atomic E-state index is 12.5. The Balaban J connectivity index is 1.78. The van der Waals surface area contributed by atoms with Crippen LogP contribution in [-0.2, 0) is 4.79 Å². The average Bonchev–Trinajstić information content (AvgIpc) is 2.92. The number of nitrogens with one attached hydrogen (secondary N) is 1. The Morgan fingerprint density at radius 2 is 1.88 bits per heavy atom. The second-order valence-electron chi connectivity index (χ2n) is 6.11. The van der Waals surface area contributed by atoms with E-state index in [9.17, 15) is 4.79 Å². The number of nitrogens with zero attached hydrogens (tertiary/aromatic N) is 3. The van der Waals surface area contributed by atoms with E-state index in [1.165, 1.54) is 4.85 Å². The van der Waals surface area contributed by atoms with Crippen molar-refractivity contribution < 1.29 is 9.63 Å². The number of carbonyl (C=O) groups excluding carboxylic acids is 1. The quantitative estimate of drug-likeness (QED) is 0.775. The largest absolute Gasteiger partial charge is 0.382 e. The molecule has 130 valence electrons. The normalized spacial score (nSPS) is 12.2. The minimum Gasteiger partial charge on any atom is -0.382 e. The van der Waals surface area contributed by atoms with Crippen molar-refractivity contribution in [2.45, 2.75) is 33.8 Å². The number of aromatic nitrogens is 3. The summed E-state index contributed by atoms with van der Waals surface area (Å²) in [6.07, 6.45) is -0.760. The molecular formula is C18H19ClN4O2. The lowest BCUT2D eigenvalue weighted by molar-refractivity contribution is -0.127. The molecule has 1 heterocycles. The summed E-state index contributed by atoms with van der Waals surface area (Å²) in [5.41, 5.74) is 5.23. The zero-order valence-corrected chi connectivity index (χ0v) is 15.3. The Morgan fingerprint density at radius 3 is 2.56 bits per heavy atom. The van der Waals surface area contributed by atoms with Crippen LogP contribution in [0.25, 0.3) is 11.0 Å². The molecule has 25 heavy (non-hydrogen) atoms. The van der Waals surface area contributed by atoms with Crippen LogP contribution in [0.4, 0.5) is 5.69 Å². The molecule has 3 aromatic rings. The van der Waals surface area contributed by atoms with E-state index in [2.05, 4.69) is 15.6 Å². The first-order chi connectivity index (χ1) is 11.8. The van der Waals surface area contributed by atoms with E-state index in [-0.39, 0.29) is 5.91 Å². The second-order valence-corrected chi connectivity index (χ2v) is 6.54. The zero-order chi connectivity index (χ0) is 18.1. The van der Waals surface area contributed by atoms with Gasteiger partial charge in [-0.15, -0.1) is 5.10 Å². The van der Waals surface area contributed by atoms with Crippen molar-refractivity contribution >= 4 is 34.2 Å². The molecule has 1 amide bonds. The summed E-state index contributed by atoms with van der Waals surface area (Å²) >= 11 is 6.00. The highest BCUT2D eigenvalue weighted by Crippen LogP contribution is 2.22. The van der Waals surface area contributed by atoms with Gasteiger partial charge in [-0.25, -0.2) is 0 Å². The van der Waals surface area contributed by atoms with Gasteiger partial charge in [0, 0.05) is 10.7 Å². The predicted octanol–water partition coefficient (Wildman–Crippen LogP) is 3.47. The smallest absolute Gasteiger partial charge is 0.268 e. The molecule has 2 aromatic carbocycles. The maximum absolute atomic E-state index is 12.5. The van der Waals surface area contributed by atoms with Crippen LogP contribution in [0.5, 0.6) is 0 Å². The number of amides is 1.